The fourth-order valence-electron chi connectivity index (χ4n) is 3.23. The Balaban J connectivity index is 1.73. The monoisotopic (exact) mass is 511 g/mol. The average Bonchev–Trinajstić information content (AvgIpc) is 3.18. The van der Waals surface area contributed by atoms with E-state index in [1.165, 1.54) is 10.9 Å². The van der Waals surface area contributed by atoms with E-state index in [1.807, 2.05) is 30.3 Å². The Labute approximate surface area is 194 Å². The maximum absolute atomic E-state index is 13.2. The van der Waals surface area contributed by atoms with Gasteiger partial charge in [-0.05, 0) is 54.1 Å². The molecule has 0 unspecified atom stereocenters. The molecule has 0 saturated carbocycles. The molecule has 2 aromatic heterocycles. The normalized spacial score (nSPS) is 11.7. The molecule has 152 valence electrons. The first-order valence-electron chi connectivity index (χ1n) is 9.20. The molecule has 0 amide bonds. The van der Waals surface area contributed by atoms with E-state index < -0.39 is 0 Å². The lowest BCUT2D eigenvalue weighted by molar-refractivity contribution is 0.616. The highest BCUT2D eigenvalue weighted by Gasteiger charge is 2.16. The van der Waals surface area contributed by atoms with Crippen LogP contribution in [-0.4, -0.2) is 15.9 Å². The van der Waals surface area contributed by atoms with Crippen molar-refractivity contribution in [2.75, 3.05) is 0 Å². The standard InChI is InChI=1S/C23H12BrCl2N3O2/c24-15-6-8-20-14(10-15)11-21(31-20)22-28-19-4-2-1-3-16(19)23(30)29(22)27-12-13-5-7-17(25)18(26)9-13/h1-12H. The molecule has 3 aromatic carbocycles. The van der Waals surface area contributed by atoms with Crippen LogP contribution in [0, 0.1) is 0 Å². The van der Waals surface area contributed by atoms with E-state index in [0.29, 0.717) is 43.7 Å². The first-order valence-corrected chi connectivity index (χ1v) is 10.8. The average molecular weight is 513 g/mol. The highest BCUT2D eigenvalue weighted by molar-refractivity contribution is 9.10. The second kappa shape index (κ2) is 7.96. The second-order valence-corrected chi connectivity index (χ2v) is 8.51. The van der Waals surface area contributed by atoms with Crippen molar-refractivity contribution in [3.63, 3.8) is 0 Å². The second-order valence-electron chi connectivity index (χ2n) is 6.78. The molecule has 31 heavy (non-hydrogen) atoms. The number of rotatable bonds is 3. The Morgan fingerprint density at radius 3 is 2.68 bits per heavy atom. The van der Waals surface area contributed by atoms with Gasteiger partial charge in [0.1, 0.15) is 5.58 Å². The van der Waals surface area contributed by atoms with Crippen LogP contribution in [0.4, 0.5) is 0 Å². The van der Waals surface area contributed by atoms with Crippen LogP contribution in [-0.2, 0) is 0 Å². The third kappa shape index (κ3) is 3.78. The fraction of sp³-hybridized carbons (Fsp3) is 0. The van der Waals surface area contributed by atoms with E-state index in [9.17, 15) is 4.79 Å². The van der Waals surface area contributed by atoms with Gasteiger partial charge in [-0.15, -0.1) is 0 Å². The number of hydrogen-bond donors (Lipinski definition) is 0. The first kappa shape index (κ1) is 20.0. The highest BCUT2D eigenvalue weighted by atomic mass is 79.9. The van der Waals surface area contributed by atoms with E-state index in [2.05, 4.69) is 26.0 Å². The van der Waals surface area contributed by atoms with E-state index in [0.717, 1.165) is 9.86 Å². The van der Waals surface area contributed by atoms with Crippen LogP contribution in [0.25, 0.3) is 33.5 Å². The van der Waals surface area contributed by atoms with Gasteiger partial charge in [0.15, 0.2) is 5.76 Å². The SMILES string of the molecule is O=c1c2ccccc2nc(-c2cc3cc(Br)ccc3o2)n1N=Cc1ccc(Cl)c(Cl)c1. The molecule has 0 radical (unpaired) electrons. The van der Waals surface area contributed by atoms with Crippen molar-refractivity contribution >= 4 is 67.2 Å². The molecule has 0 aliphatic heterocycles. The molecule has 0 N–H and O–H groups in total. The zero-order chi connectivity index (χ0) is 21.5. The number of aromatic nitrogens is 2. The van der Waals surface area contributed by atoms with Crippen LogP contribution in [0.15, 0.2) is 85.5 Å². The minimum absolute atomic E-state index is 0.298. The summed E-state index contributed by atoms with van der Waals surface area (Å²) in [4.78, 5) is 17.9. The Kier molecular flexibility index (Phi) is 5.14. The zero-order valence-electron chi connectivity index (χ0n) is 15.7. The van der Waals surface area contributed by atoms with Crippen molar-refractivity contribution in [1.29, 1.82) is 0 Å². The predicted molar refractivity (Wildman–Crippen MR) is 128 cm³/mol. The molecule has 5 rings (SSSR count). The number of furan rings is 1. The summed E-state index contributed by atoms with van der Waals surface area (Å²) in [7, 11) is 0. The predicted octanol–water partition coefficient (Wildman–Crippen LogP) is 6.76. The summed E-state index contributed by atoms with van der Waals surface area (Å²) < 4.78 is 8.14. The van der Waals surface area contributed by atoms with Crippen LogP contribution < -0.4 is 5.56 Å². The van der Waals surface area contributed by atoms with Crippen molar-refractivity contribution in [2.24, 2.45) is 5.10 Å². The number of para-hydroxylation sites is 1. The Hall–Kier alpha value is -2.93. The van der Waals surface area contributed by atoms with E-state index in [1.54, 1.807) is 36.4 Å². The van der Waals surface area contributed by atoms with Gasteiger partial charge < -0.3 is 4.42 Å². The summed E-state index contributed by atoms with van der Waals surface area (Å²) in [5.41, 5.74) is 1.62. The number of hydrogen-bond acceptors (Lipinski definition) is 4. The molecule has 0 spiro atoms. The molecule has 0 bridgehead atoms. The first-order chi connectivity index (χ1) is 15.0. The molecule has 8 heteroatoms. The van der Waals surface area contributed by atoms with E-state index in [4.69, 9.17) is 27.6 Å². The highest BCUT2D eigenvalue weighted by Crippen LogP contribution is 2.29. The number of fused-ring (bicyclic) bond motifs is 2. The number of nitrogens with zero attached hydrogens (tertiary/aromatic N) is 3. The van der Waals surface area contributed by atoms with Gasteiger partial charge in [0, 0.05) is 9.86 Å². The summed E-state index contributed by atoms with van der Waals surface area (Å²) in [6.07, 6.45) is 1.53. The topological polar surface area (TPSA) is 60.4 Å². The summed E-state index contributed by atoms with van der Waals surface area (Å²) >= 11 is 15.5. The van der Waals surface area contributed by atoms with Gasteiger partial charge in [0.05, 0.1) is 27.2 Å². The van der Waals surface area contributed by atoms with Crippen molar-refractivity contribution in [3.05, 3.63) is 97.2 Å². The molecule has 5 aromatic rings. The molecule has 2 heterocycles. The van der Waals surface area contributed by atoms with Crippen molar-refractivity contribution < 1.29 is 4.42 Å². The quantitative estimate of drug-likeness (QED) is 0.251. The Morgan fingerprint density at radius 1 is 1.00 bits per heavy atom. The lowest BCUT2D eigenvalue weighted by Gasteiger charge is -2.07. The summed E-state index contributed by atoms with van der Waals surface area (Å²) in [5, 5.41) is 6.59. The summed E-state index contributed by atoms with van der Waals surface area (Å²) in [6, 6.07) is 19.7. The number of benzene rings is 3. The Morgan fingerprint density at radius 2 is 1.84 bits per heavy atom. The molecule has 0 fully saturated rings. The van der Waals surface area contributed by atoms with Gasteiger partial charge >= 0.3 is 0 Å². The van der Waals surface area contributed by atoms with Crippen LogP contribution >= 0.6 is 39.1 Å². The summed E-state index contributed by atoms with van der Waals surface area (Å²) in [5.74, 6) is 0.731. The molecule has 0 atom stereocenters. The van der Waals surface area contributed by atoms with Gasteiger partial charge in [0.25, 0.3) is 5.56 Å². The molecule has 5 nitrogen and oxygen atoms in total. The zero-order valence-corrected chi connectivity index (χ0v) is 18.8. The molecular formula is C23H12BrCl2N3O2. The molecule has 0 saturated heterocycles. The largest absolute Gasteiger partial charge is 0.453 e. The van der Waals surface area contributed by atoms with E-state index >= 15 is 0 Å². The third-order valence-corrected chi connectivity index (χ3v) is 5.95. The van der Waals surface area contributed by atoms with Gasteiger partial charge in [-0.3, -0.25) is 4.79 Å². The van der Waals surface area contributed by atoms with Crippen LogP contribution in [0.2, 0.25) is 10.0 Å². The van der Waals surface area contributed by atoms with Gasteiger partial charge in [-0.25, -0.2) is 4.98 Å². The maximum Gasteiger partial charge on any atom is 0.282 e. The minimum Gasteiger partial charge on any atom is -0.453 e. The fourth-order valence-corrected chi connectivity index (χ4v) is 3.92. The number of halogens is 3. The smallest absolute Gasteiger partial charge is 0.282 e. The van der Waals surface area contributed by atoms with Crippen LogP contribution in [0.5, 0.6) is 0 Å². The lowest BCUT2D eigenvalue weighted by atomic mass is 10.2. The van der Waals surface area contributed by atoms with Gasteiger partial charge in [0.2, 0.25) is 5.82 Å². The van der Waals surface area contributed by atoms with Crippen LogP contribution in [0.1, 0.15) is 5.56 Å². The van der Waals surface area contributed by atoms with Crippen molar-refractivity contribution in [3.8, 4) is 11.6 Å². The molecular weight excluding hydrogens is 501 g/mol. The molecule has 0 aliphatic rings. The third-order valence-electron chi connectivity index (χ3n) is 4.72. The lowest BCUT2D eigenvalue weighted by Crippen LogP contribution is -2.20. The van der Waals surface area contributed by atoms with Crippen molar-refractivity contribution in [1.82, 2.24) is 9.66 Å². The summed E-state index contributed by atoms with van der Waals surface area (Å²) in [6.45, 7) is 0. The Bertz CT molecular complexity index is 1560. The minimum atomic E-state index is -0.307. The maximum atomic E-state index is 13.2. The van der Waals surface area contributed by atoms with Gasteiger partial charge in [-0.2, -0.15) is 9.78 Å². The molecule has 0 aliphatic carbocycles. The van der Waals surface area contributed by atoms with Crippen LogP contribution in [0.3, 0.4) is 0 Å². The van der Waals surface area contributed by atoms with Gasteiger partial charge in [-0.1, -0.05) is 57.3 Å². The van der Waals surface area contributed by atoms with Crippen molar-refractivity contribution in [2.45, 2.75) is 0 Å². The van der Waals surface area contributed by atoms with E-state index in [-0.39, 0.29) is 5.56 Å².